The van der Waals surface area contributed by atoms with Crippen molar-refractivity contribution in [3.8, 4) is 0 Å². The zero-order valence-corrected chi connectivity index (χ0v) is 9.07. The van der Waals surface area contributed by atoms with E-state index in [1.165, 1.54) is 0 Å². The number of cyclic esters (lactones) is 1. The molecule has 0 aliphatic carbocycles. The smallest absolute Gasteiger partial charge is 0.340 e. The Morgan fingerprint density at radius 3 is 2.80 bits per heavy atom. The van der Waals surface area contributed by atoms with Gasteiger partial charge in [0.25, 0.3) is 0 Å². The van der Waals surface area contributed by atoms with Crippen molar-refractivity contribution in [2.75, 3.05) is 5.73 Å². The van der Waals surface area contributed by atoms with Crippen LogP contribution in [0.3, 0.4) is 0 Å². The normalized spacial score (nSPS) is 23.1. The van der Waals surface area contributed by atoms with Crippen molar-refractivity contribution in [1.82, 2.24) is 4.98 Å². The van der Waals surface area contributed by atoms with Gasteiger partial charge >= 0.3 is 5.97 Å². The summed E-state index contributed by atoms with van der Waals surface area (Å²) in [6.07, 6.45) is -0.188. The molecule has 0 spiro atoms. The van der Waals surface area contributed by atoms with Crippen LogP contribution in [0.15, 0.2) is 12.1 Å². The van der Waals surface area contributed by atoms with Crippen LogP contribution < -0.4 is 5.73 Å². The topological polar surface area (TPSA) is 65.2 Å². The largest absolute Gasteiger partial charge is 0.458 e. The van der Waals surface area contributed by atoms with Gasteiger partial charge in [0.05, 0.1) is 11.3 Å². The Balaban J connectivity index is 2.66. The molecule has 0 radical (unpaired) electrons. The number of esters is 1. The summed E-state index contributed by atoms with van der Waals surface area (Å²) in [6, 6.07) is 3.29. The summed E-state index contributed by atoms with van der Waals surface area (Å²) in [5, 5.41) is 0. The van der Waals surface area contributed by atoms with E-state index >= 15 is 0 Å². The number of hydrogen-bond donors (Lipinski definition) is 1. The van der Waals surface area contributed by atoms with Crippen molar-refractivity contribution in [2.45, 2.75) is 32.3 Å². The first-order valence-electron chi connectivity index (χ1n) is 4.91. The first-order chi connectivity index (χ1) is 6.93. The van der Waals surface area contributed by atoms with Crippen LogP contribution in [-0.2, 0) is 10.2 Å². The maximum absolute atomic E-state index is 11.6. The summed E-state index contributed by atoms with van der Waals surface area (Å²) in [6.45, 7) is 5.86. The number of hydrogen-bond acceptors (Lipinski definition) is 4. The van der Waals surface area contributed by atoms with E-state index in [-0.39, 0.29) is 17.5 Å². The van der Waals surface area contributed by atoms with Crippen LogP contribution in [0.25, 0.3) is 0 Å². The molecule has 1 aliphatic heterocycles. The SMILES string of the molecule is CC1OC(=O)c2ccc(N)nc2C1(C)C. The minimum absolute atomic E-state index is 0.188. The highest BCUT2D eigenvalue weighted by atomic mass is 16.5. The molecule has 2 rings (SSSR count). The van der Waals surface area contributed by atoms with Crippen LogP contribution >= 0.6 is 0 Å². The van der Waals surface area contributed by atoms with Gasteiger partial charge in [-0.05, 0) is 19.1 Å². The Labute approximate surface area is 88.4 Å². The predicted octanol–water partition coefficient (Wildman–Crippen LogP) is 1.50. The Bertz CT molecular complexity index is 427. The summed E-state index contributed by atoms with van der Waals surface area (Å²) < 4.78 is 5.25. The molecule has 0 fully saturated rings. The number of ether oxygens (including phenoxy) is 1. The fourth-order valence-corrected chi connectivity index (χ4v) is 1.69. The van der Waals surface area contributed by atoms with Crippen LogP contribution in [0.5, 0.6) is 0 Å². The molecule has 0 saturated carbocycles. The lowest BCUT2D eigenvalue weighted by molar-refractivity contribution is 0.00864. The van der Waals surface area contributed by atoms with Crippen LogP contribution in [-0.4, -0.2) is 17.1 Å². The van der Waals surface area contributed by atoms with Crippen molar-refractivity contribution >= 4 is 11.8 Å². The fourth-order valence-electron chi connectivity index (χ4n) is 1.69. The summed E-state index contributed by atoms with van der Waals surface area (Å²) in [4.78, 5) is 15.8. The zero-order valence-electron chi connectivity index (χ0n) is 9.07. The van der Waals surface area contributed by atoms with Gasteiger partial charge in [0.1, 0.15) is 11.9 Å². The molecule has 1 aromatic rings. The molecule has 4 heteroatoms. The molecule has 2 heterocycles. The number of nitrogens with two attached hydrogens (primary N) is 1. The fraction of sp³-hybridized carbons (Fsp3) is 0.455. The first-order valence-corrected chi connectivity index (χ1v) is 4.91. The van der Waals surface area contributed by atoms with Crippen LogP contribution in [0.2, 0.25) is 0 Å². The molecule has 0 amide bonds. The molecular formula is C11H14N2O2. The zero-order chi connectivity index (χ0) is 11.2. The van der Waals surface area contributed by atoms with Gasteiger partial charge in [0.15, 0.2) is 0 Å². The van der Waals surface area contributed by atoms with Gasteiger partial charge in [-0.25, -0.2) is 9.78 Å². The molecule has 80 valence electrons. The van der Waals surface area contributed by atoms with E-state index in [0.29, 0.717) is 11.4 Å². The molecule has 1 aromatic heterocycles. The van der Waals surface area contributed by atoms with E-state index in [4.69, 9.17) is 10.5 Å². The highest BCUT2D eigenvalue weighted by molar-refractivity contribution is 5.92. The molecular weight excluding hydrogens is 192 g/mol. The van der Waals surface area contributed by atoms with E-state index in [1.54, 1.807) is 12.1 Å². The molecule has 1 unspecified atom stereocenters. The van der Waals surface area contributed by atoms with E-state index < -0.39 is 0 Å². The van der Waals surface area contributed by atoms with Crippen molar-refractivity contribution in [1.29, 1.82) is 0 Å². The highest BCUT2D eigenvalue weighted by Gasteiger charge is 2.40. The third-order valence-electron chi connectivity index (χ3n) is 3.05. The van der Waals surface area contributed by atoms with Crippen molar-refractivity contribution < 1.29 is 9.53 Å². The molecule has 0 saturated heterocycles. The number of carbonyl (C=O) groups excluding carboxylic acids is 1. The summed E-state index contributed by atoms with van der Waals surface area (Å²) >= 11 is 0. The number of rotatable bonds is 0. The number of anilines is 1. The first kappa shape index (κ1) is 9.96. The van der Waals surface area contributed by atoms with Gasteiger partial charge in [-0.3, -0.25) is 0 Å². The average molecular weight is 206 g/mol. The van der Waals surface area contributed by atoms with E-state index in [2.05, 4.69) is 4.98 Å². The number of carbonyl (C=O) groups is 1. The van der Waals surface area contributed by atoms with Gasteiger partial charge in [0.2, 0.25) is 0 Å². The predicted molar refractivity (Wildman–Crippen MR) is 56.6 cm³/mol. The van der Waals surface area contributed by atoms with Crippen LogP contribution in [0.4, 0.5) is 5.82 Å². The number of nitrogen functional groups attached to an aromatic ring is 1. The Kier molecular flexibility index (Phi) is 1.96. The second kappa shape index (κ2) is 2.95. The summed E-state index contributed by atoms with van der Waals surface area (Å²) in [7, 11) is 0. The number of nitrogens with zero attached hydrogens (tertiary/aromatic N) is 1. The second-order valence-corrected chi connectivity index (χ2v) is 4.40. The lowest BCUT2D eigenvalue weighted by Crippen LogP contribution is -2.42. The highest BCUT2D eigenvalue weighted by Crippen LogP contribution is 2.35. The van der Waals surface area contributed by atoms with Gasteiger partial charge in [-0.2, -0.15) is 0 Å². The molecule has 1 atom stereocenters. The lowest BCUT2D eigenvalue weighted by atomic mass is 9.79. The summed E-state index contributed by atoms with van der Waals surface area (Å²) in [5.41, 5.74) is 6.59. The maximum Gasteiger partial charge on any atom is 0.340 e. The second-order valence-electron chi connectivity index (χ2n) is 4.40. The quantitative estimate of drug-likeness (QED) is 0.653. The third-order valence-corrected chi connectivity index (χ3v) is 3.05. The molecule has 15 heavy (non-hydrogen) atoms. The third kappa shape index (κ3) is 1.37. The Morgan fingerprint density at radius 1 is 1.47 bits per heavy atom. The number of pyridine rings is 1. The van der Waals surface area contributed by atoms with Crippen molar-refractivity contribution in [2.24, 2.45) is 0 Å². The van der Waals surface area contributed by atoms with E-state index in [0.717, 1.165) is 5.69 Å². The monoisotopic (exact) mass is 206 g/mol. The lowest BCUT2D eigenvalue weighted by Gasteiger charge is -2.36. The standard InChI is InChI=1S/C11H14N2O2/c1-6-11(2,3)9-7(10(14)15-6)4-5-8(12)13-9/h4-6H,1-3H3,(H2,12,13). The Hall–Kier alpha value is -1.58. The maximum atomic E-state index is 11.6. The Morgan fingerprint density at radius 2 is 2.13 bits per heavy atom. The number of fused-ring (bicyclic) bond motifs is 1. The molecule has 1 aliphatic rings. The minimum atomic E-state index is -0.315. The van der Waals surface area contributed by atoms with Crippen molar-refractivity contribution in [3.63, 3.8) is 0 Å². The van der Waals surface area contributed by atoms with Gasteiger partial charge < -0.3 is 10.5 Å². The van der Waals surface area contributed by atoms with Crippen LogP contribution in [0, 0.1) is 0 Å². The van der Waals surface area contributed by atoms with Crippen LogP contribution in [0.1, 0.15) is 36.8 Å². The molecule has 0 bridgehead atoms. The van der Waals surface area contributed by atoms with E-state index in [1.807, 2.05) is 20.8 Å². The molecule has 2 N–H and O–H groups in total. The number of aromatic nitrogens is 1. The average Bonchev–Trinajstić information content (AvgIpc) is 2.15. The minimum Gasteiger partial charge on any atom is -0.458 e. The van der Waals surface area contributed by atoms with Crippen molar-refractivity contribution in [3.05, 3.63) is 23.4 Å². The summed E-state index contributed by atoms with van der Waals surface area (Å²) in [5.74, 6) is 0.119. The van der Waals surface area contributed by atoms with E-state index in [9.17, 15) is 4.79 Å². The van der Waals surface area contributed by atoms with Gasteiger partial charge in [0, 0.05) is 5.41 Å². The molecule has 0 aromatic carbocycles. The molecule has 4 nitrogen and oxygen atoms in total. The van der Waals surface area contributed by atoms with Gasteiger partial charge in [-0.1, -0.05) is 13.8 Å². The van der Waals surface area contributed by atoms with Gasteiger partial charge in [-0.15, -0.1) is 0 Å².